The van der Waals surface area contributed by atoms with E-state index < -0.39 is 0 Å². The molecule has 1 N–H and O–H groups in total. The zero-order chi connectivity index (χ0) is 13.1. The van der Waals surface area contributed by atoms with Gasteiger partial charge in [0.1, 0.15) is 0 Å². The first-order chi connectivity index (χ1) is 8.61. The third-order valence-corrected chi connectivity index (χ3v) is 4.10. The summed E-state index contributed by atoms with van der Waals surface area (Å²) in [4.78, 5) is 2.53. The van der Waals surface area contributed by atoms with Crippen LogP contribution in [0.3, 0.4) is 0 Å². The molecule has 102 valence electrons. The van der Waals surface area contributed by atoms with Crippen LogP contribution in [0.4, 0.5) is 0 Å². The minimum atomic E-state index is 0.155. The van der Waals surface area contributed by atoms with Gasteiger partial charge in [-0.3, -0.25) is 9.58 Å². The van der Waals surface area contributed by atoms with Crippen LogP contribution < -0.4 is 0 Å². The second-order valence-corrected chi connectivity index (χ2v) is 5.55. The molecule has 1 aliphatic rings. The van der Waals surface area contributed by atoms with Gasteiger partial charge in [0.05, 0.1) is 18.8 Å². The highest BCUT2D eigenvalue weighted by Gasteiger charge is 2.19. The first-order valence-electron chi connectivity index (χ1n) is 6.98. The lowest BCUT2D eigenvalue weighted by atomic mass is 9.98. The van der Waals surface area contributed by atoms with Gasteiger partial charge in [-0.1, -0.05) is 6.92 Å². The number of hydrogen-bond donors (Lipinski definition) is 1. The van der Waals surface area contributed by atoms with E-state index in [-0.39, 0.29) is 6.61 Å². The predicted molar refractivity (Wildman–Crippen MR) is 72.5 cm³/mol. The minimum absolute atomic E-state index is 0.155. The number of hydrogen-bond acceptors (Lipinski definition) is 3. The summed E-state index contributed by atoms with van der Waals surface area (Å²) < 4.78 is 1.93. The minimum Gasteiger partial charge on any atom is -0.394 e. The second kappa shape index (κ2) is 5.85. The van der Waals surface area contributed by atoms with Crippen molar-refractivity contribution in [1.82, 2.24) is 14.7 Å². The Bertz CT molecular complexity index is 392. The first kappa shape index (κ1) is 13.6. The molecule has 1 aromatic rings. The van der Waals surface area contributed by atoms with E-state index in [1.807, 2.05) is 4.68 Å². The van der Waals surface area contributed by atoms with Crippen molar-refractivity contribution in [1.29, 1.82) is 0 Å². The number of aromatic nitrogens is 2. The summed E-state index contributed by atoms with van der Waals surface area (Å²) >= 11 is 0. The highest BCUT2D eigenvalue weighted by atomic mass is 16.3. The van der Waals surface area contributed by atoms with Gasteiger partial charge in [0.2, 0.25) is 0 Å². The number of aliphatic hydroxyl groups excluding tert-OH is 1. The average Bonchev–Trinajstić information content (AvgIpc) is 2.60. The molecule has 0 unspecified atom stereocenters. The van der Waals surface area contributed by atoms with E-state index in [9.17, 15) is 0 Å². The number of rotatable bonds is 4. The molecule has 1 fully saturated rings. The fourth-order valence-electron chi connectivity index (χ4n) is 2.72. The lowest BCUT2D eigenvalue weighted by Crippen LogP contribution is -2.32. The van der Waals surface area contributed by atoms with Gasteiger partial charge in [0.15, 0.2) is 0 Å². The Morgan fingerprint density at radius 1 is 1.28 bits per heavy atom. The zero-order valence-electron chi connectivity index (χ0n) is 11.8. The van der Waals surface area contributed by atoms with Gasteiger partial charge in [-0.25, -0.2) is 0 Å². The maximum absolute atomic E-state index is 9.02. The first-order valence-corrected chi connectivity index (χ1v) is 6.98. The molecule has 0 radical (unpaired) electrons. The van der Waals surface area contributed by atoms with Crippen LogP contribution in [0, 0.1) is 19.8 Å². The van der Waals surface area contributed by atoms with Crippen LogP contribution in [0.2, 0.25) is 0 Å². The smallest absolute Gasteiger partial charge is 0.0644 e. The fraction of sp³-hybridized carbons (Fsp3) is 0.786. The molecule has 1 saturated heterocycles. The zero-order valence-corrected chi connectivity index (χ0v) is 11.8. The molecule has 2 rings (SSSR count). The highest BCUT2D eigenvalue weighted by Crippen LogP contribution is 2.21. The Balaban J connectivity index is 2.04. The maximum Gasteiger partial charge on any atom is 0.0644 e. The normalized spacial score (nSPS) is 18.4. The monoisotopic (exact) mass is 251 g/mol. The Morgan fingerprint density at radius 3 is 2.56 bits per heavy atom. The van der Waals surface area contributed by atoms with Crippen molar-refractivity contribution in [2.45, 2.75) is 46.7 Å². The van der Waals surface area contributed by atoms with Crippen molar-refractivity contribution in [2.24, 2.45) is 5.92 Å². The van der Waals surface area contributed by atoms with Gasteiger partial charge < -0.3 is 5.11 Å². The molecule has 0 amide bonds. The molecule has 0 bridgehead atoms. The summed E-state index contributed by atoms with van der Waals surface area (Å²) in [5, 5.41) is 13.5. The van der Waals surface area contributed by atoms with Crippen molar-refractivity contribution in [2.75, 3.05) is 19.7 Å². The number of likely N-dealkylation sites (tertiary alicyclic amines) is 1. The molecule has 0 saturated carbocycles. The molecule has 18 heavy (non-hydrogen) atoms. The van der Waals surface area contributed by atoms with Crippen LogP contribution in [0.15, 0.2) is 0 Å². The number of aliphatic hydroxyl groups is 1. The van der Waals surface area contributed by atoms with Gasteiger partial charge >= 0.3 is 0 Å². The third kappa shape index (κ3) is 2.93. The predicted octanol–water partition coefficient (Wildman–Crippen LogP) is 1.72. The van der Waals surface area contributed by atoms with Crippen molar-refractivity contribution < 1.29 is 5.11 Å². The van der Waals surface area contributed by atoms with Crippen LogP contribution >= 0.6 is 0 Å². The second-order valence-electron chi connectivity index (χ2n) is 5.55. The fourth-order valence-corrected chi connectivity index (χ4v) is 2.72. The van der Waals surface area contributed by atoms with Gasteiger partial charge in [0.25, 0.3) is 0 Å². The number of aryl methyl sites for hydroxylation is 1. The molecule has 2 heterocycles. The standard InChI is InChI=1S/C14H25N3O/c1-11-4-6-16(7-5-11)10-14-12(2)15-17(8-9-18)13(14)3/h11,18H,4-10H2,1-3H3. The van der Waals surface area contributed by atoms with Crippen molar-refractivity contribution in [3.63, 3.8) is 0 Å². The summed E-state index contributed by atoms with van der Waals surface area (Å²) in [6.45, 7) is 10.7. The molecule has 0 aromatic carbocycles. The summed E-state index contributed by atoms with van der Waals surface area (Å²) in [6, 6.07) is 0. The molecule has 1 aromatic heterocycles. The van der Waals surface area contributed by atoms with Crippen molar-refractivity contribution in [3.05, 3.63) is 17.0 Å². The highest BCUT2D eigenvalue weighted by molar-refractivity contribution is 5.24. The molecule has 0 spiro atoms. The van der Waals surface area contributed by atoms with Gasteiger partial charge in [-0.15, -0.1) is 0 Å². The molecule has 4 heteroatoms. The van der Waals surface area contributed by atoms with E-state index in [4.69, 9.17) is 5.11 Å². The summed E-state index contributed by atoms with van der Waals surface area (Å²) in [5.74, 6) is 0.876. The molecule has 0 aliphatic carbocycles. The molecule has 4 nitrogen and oxygen atoms in total. The molecule has 0 atom stereocenters. The number of piperidine rings is 1. The maximum atomic E-state index is 9.02. The topological polar surface area (TPSA) is 41.3 Å². The molecule has 1 aliphatic heterocycles. The molecular formula is C14H25N3O. The largest absolute Gasteiger partial charge is 0.394 e. The lowest BCUT2D eigenvalue weighted by Gasteiger charge is -2.30. The summed E-state index contributed by atoms with van der Waals surface area (Å²) in [7, 11) is 0. The quantitative estimate of drug-likeness (QED) is 0.886. The van der Waals surface area contributed by atoms with E-state index in [0.29, 0.717) is 6.54 Å². The SMILES string of the molecule is Cc1nn(CCO)c(C)c1CN1CCC(C)CC1. The van der Waals surface area contributed by atoms with Crippen molar-refractivity contribution >= 4 is 0 Å². The van der Waals surface area contributed by atoms with Crippen molar-refractivity contribution in [3.8, 4) is 0 Å². The van der Waals surface area contributed by atoms with E-state index in [2.05, 4.69) is 30.8 Å². The molecular weight excluding hydrogens is 226 g/mol. The van der Waals surface area contributed by atoms with Gasteiger partial charge in [0, 0.05) is 17.8 Å². The third-order valence-electron chi connectivity index (χ3n) is 4.10. The van der Waals surface area contributed by atoms with Gasteiger partial charge in [-0.2, -0.15) is 5.10 Å². The van der Waals surface area contributed by atoms with E-state index in [1.54, 1.807) is 0 Å². The Hall–Kier alpha value is -0.870. The Labute approximate surface area is 110 Å². The summed E-state index contributed by atoms with van der Waals surface area (Å²) in [5.41, 5.74) is 3.66. The van der Waals surface area contributed by atoms with Crippen LogP contribution in [-0.2, 0) is 13.1 Å². The van der Waals surface area contributed by atoms with Gasteiger partial charge in [-0.05, 0) is 45.7 Å². The van der Waals surface area contributed by atoms with Crippen LogP contribution in [0.5, 0.6) is 0 Å². The van der Waals surface area contributed by atoms with E-state index >= 15 is 0 Å². The average molecular weight is 251 g/mol. The van der Waals surface area contributed by atoms with Crippen LogP contribution in [0.25, 0.3) is 0 Å². The van der Waals surface area contributed by atoms with E-state index in [1.165, 1.54) is 37.2 Å². The Morgan fingerprint density at radius 2 is 1.94 bits per heavy atom. The number of nitrogens with zero attached hydrogens (tertiary/aromatic N) is 3. The lowest BCUT2D eigenvalue weighted by molar-refractivity contribution is 0.184. The van der Waals surface area contributed by atoms with Crippen LogP contribution in [0.1, 0.15) is 36.7 Å². The van der Waals surface area contributed by atoms with E-state index in [0.717, 1.165) is 18.2 Å². The Kier molecular flexibility index (Phi) is 4.40. The van der Waals surface area contributed by atoms with Crippen LogP contribution in [-0.4, -0.2) is 39.5 Å². The summed E-state index contributed by atoms with van der Waals surface area (Å²) in [6.07, 6.45) is 2.62.